The summed E-state index contributed by atoms with van der Waals surface area (Å²) in [6, 6.07) is 8.80. The molecular formula is C16H13ClF2O2. The van der Waals surface area contributed by atoms with Gasteiger partial charge in [-0.25, -0.2) is 8.78 Å². The Labute approximate surface area is 126 Å². The van der Waals surface area contributed by atoms with Gasteiger partial charge in [0.25, 0.3) is 0 Å². The van der Waals surface area contributed by atoms with E-state index in [1.165, 1.54) is 36.4 Å². The second-order valence-electron chi connectivity index (χ2n) is 4.37. The molecule has 110 valence electrons. The van der Waals surface area contributed by atoms with E-state index in [1.807, 2.05) is 0 Å². The van der Waals surface area contributed by atoms with Crippen molar-refractivity contribution >= 4 is 17.4 Å². The van der Waals surface area contributed by atoms with Crippen molar-refractivity contribution in [2.24, 2.45) is 0 Å². The van der Waals surface area contributed by atoms with E-state index in [4.69, 9.17) is 16.3 Å². The fourth-order valence-corrected chi connectivity index (χ4v) is 1.91. The zero-order chi connectivity index (χ0) is 15.2. The quantitative estimate of drug-likeness (QED) is 0.454. The first kappa shape index (κ1) is 15.4. The molecule has 2 aromatic carbocycles. The summed E-state index contributed by atoms with van der Waals surface area (Å²) in [7, 11) is 0. The number of rotatable bonds is 6. The summed E-state index contributed by atoms with van der Waals surface area (Å²) < 4.78 is 31.7. The minimum absolute atomic E-state index is 0.108. The van der Waals surface area contributed by atoms with Crippen molar-refractivity contribution in [2.75, 3.05) is 12.5 Å². The molecule has 0 amide bonds. The highest BCUT2D eigenvalue weighted by atomic mass is 35.5. The van der Waals surface area contributed by atoms with Crippen LogP contribution >= 0.6 is 11.6 Å². The van der Waals surface area contributed by atoms with E-state index in [0.717, 1.165) is 6.07 Å². The van der Waals surface area contributed by atoms with Gasteiger partial charge in [0.05, 0.1) is 12.2 Å². The number of carbonyl (C=O) groups is 1. The standard InChI is InChI=1S/C16H13ClF2O2/c17-8-1-9-21-15-7-6-13(19)10-14(15)16(20)11-2-4-12(18)5-3-11/h2-7,10H,1,8-9H2. The number of benzene rings is 2. The molecule has 21 heavy (non-hydrogen) atoms. The fourth-order valence-electron chi connectivity index (χ4n) is 1.80. The van der Waals surface area contributed by atoms with Crippen molar-refractivity contribution in [3.63, 3.8) is 0 Å². The van der Waals surface area contributed by atoms with Gasteiger partial charge in [0.1, 0.15) is 17.4 Å². The molecule has 0 saturated heterocycles. The van der Waals surface area contributed by atoms with E-state index in [2.05, 4.69) is 0 Å². The van der Waals surface area contributed by atoms with Crippen molar-refractivity contribution in [3.05, 3.63) is 65.2 Å². The molecule has 0 atom stereocenters. The van der Waals surface area contributed by atoms with E-state index in [0.29, 0.717) is 18.9 Å². The molecule has 2 aromatic rings. The lowest BCUT2D eigenvalue weighted by molar-refractivity contribution is 0.103. The number of alkyl halides is 1. The minimum Gasteiger partial charge on any atom is -0.493 e. The summed E-state index contributed by atoms with van der Waals surface area (Å²) >= 11 is 5.56. The van der Waals surface area contributed by atoms with Crippen LogP contribution in [0.4, 0.5) is 8.78 Å². The van der Waals surface area contributed by atoms with Crippen LogP contribution in [0.3, 0.4) is 0 Å². The first-order chi connectivity index (χ1) is 10.1. The van der Waals surface area contributed by atoms with Gasteiger partial charge in [-0.3, -0.25) is 4.79 Å². The molecule has 0 spiro atoms. The molecule has 0 N–H and O–H groups in total. The van der Waals surface area contributed by atoms with Crippen LogP contribution in [-0.4, -0.2) is 18.3 Å². The predicted octanol–water partition coefficient (Wildman–Crippen LogP) is 4.20. The Morgan fingerprint density at radius 1 is 1.05 bits per heavy atom. The third-order valence-electron chi connectivity index (χ3n) is 2.83. The van der Waals surface area contributed by atoms with Crippen LogP contribution in [0.2, 0.25) is 0 Å². The maximum Gasteiger partial charge on any atom is 0.196 e. The van der Waals surface area contributed by atoms with Crippen LogP contribution in [0.1, 0.15) is 22.3 Å². The maximum absolute atomic E-state index is 13.4. The molecule has 0 aliphatic carbocycles. The van der Waals surface area contributed by atoms with Gasteiger partial charge in [0.2, 0.25) is 0 Å². The molecule has 5 heteroatoms. The van der Waals surface area contributed by atoms with Gasteiger partial charge < -0.3 is 4.74 Å². The first-order valence-electron chi connectivity index (χ1n) is 6.40. The highest BCUT2D eigenvalue weighted by molar-refractivity contribution is 6.17. The van der Waals surface area contributed by atoms with Gasteiger partial charge in [0.15, 0.2) is 5.78 Å². The van der Waals surface area contributed by atoms with E-state index in [9.17, 15) is 13.6 Å². The van der Waals surface area contributed by atoms with E-state index >= 15 is 0 Å². The Bertz CT molecular complexity index is 627. The molecule has 0 radical (unpaired) electrons. The average molecular weight is 311 g/mol. The van der Waals surface area contributed by atoms with Gasteiger partial charge >= 0.3 is 0 Å². The zero-order valence-electron chi connectivity index (χ0n) is 11.1. The van der Waals surface area contributed by atoms with Crippen molar-refractivity contribution in [1.29, 1.82) is 0 Å². The number of hydrogen-bond acceptors (Lipinski definition) is 2. The Kier molecular flexibility index (Phi) is 5.28. The smallest absolute Gasteiger partial charge is 0.196 e. The van der Waals surface area contributed by atoms with Gasteiger partial charge in [-0.15, -0.1) is 11.6 Å². The Morgan fingerprint density at radius 2 is 1.71 bits per heavy atom. The molecule has 0 fully saturated rings. The molecular weight excluding hydrogens is 298 g/mol. The van der Waals surface area contributed by atoms with E-state index in [1.54, 1.807) is 0 Å². The van der Waals surface area contributed by atoms with Crippen molar-refractivity contribution in [2.45, 2.75) is 6.42 Å². The molecule has 2 rings (SSSR count). The normalized spacial score (nSPS) is 10.4. The number of halogens is 3. The molecule has 0 saturated carbocycles. The first-order valence-corrected chi connectivity index (χ1v) is 6.94. The molecule has 0 aliphatic rings. The zero-order valence-corrected chi connectivity index (χ0v) is 11.9. The minimum atomic E-state index is -0.537. The molecule has 0 bridgehead atoms. The van der Waals surface area contributed by atoms with Crippen LogP contribution < -0.4 is 4.74 Å². The summed E-state index contributed by atoms with van der Waals surface area (Å²) in [4.78, 5) is 12.4. The van der Waals surface area contributed by atoms with Crippen molar-refractivity contribution in [1.82, 2.24) is 0 Å². The third kappa shape index (κ3) is 4.02. The number of hydrogen-bond donors (Lipinski definition) is 0. The Hall–Kier alpha value is -1.94. The number of carbonyl (C=O) groups excluding carboxylic acids is 1. The molecule has 0 heterocycles. The van der Waals surface area contributed by atoms with Crippen LogP contribution in [0, 0.1) is 11.6 Å². The monoisotopic (exact) mass is 310 g/mol. The SMILES string of the molecule is O=C(c1ccc(F)cc1)c1cc(F)ccc1OCCCCl. The predicted molar refractivity (Wildman–Crippen MR) is 77.1 cm³/mol. The number of ether oxygens (including phenoxy) is 1. The molecule has 0 aliphatic heterocycles. The van der Waals surface area contributed by atoms with Gasteiger partial charge in [0, 0.05) is 11.4 Å². The molecule has 2 nitrogen and oxygen atoms in total. The van der Waals surface area contributed by atoms with Crippen LogP contribution in [0.5, 0.6) is 5.75 Å². The van der Waals surface area contributed by atoms with Gasteiger partial charge in [-0.1, -0.05) is 0 Å². The van der Waals surface area contributed by atoms with E-state index in [-0.39, 0.29) is 16.9 Å². The molecule has 0 aromatic heterocycles. The summed E-state index contributed by atoms with van der Waals surface area (Å²) in [5.41, 5.74) is 0.375. The summed E-state index contributed by atoms with van der Waals surface area (Å²) in [5, 5.41) is 0. The van der Waals surface area contributed by atoms with Crippen LogP contribution in [0.15, 0.2) is 42.5 Å². The second kappa shape index (κ2) is 7.18. The van der Waals surface area contributed by atoms with Crippen LogP contribution in [0.25, 0.3) is 0 Å². The lowest BCUT2D eigenvalue weighted by atomic mass is 10.0. The summed E-state index contributed by atoms with van der Waals surface area (Å²) in [6.45, 7) is 0.332. The number of ketones is 1. The van der Waals surface area contributed by atoms with Crippen molar-refractivity contribution in [3.8, 4) is 5.75 Å². The topological polar surface area (TPSA) is 26.3 Å². The lowest BCUT2D eigenvalue weighted by Gasteiger charge is -2.10. The van der Waals surface area contributed by atoms with Crippen molar-refractivity contribution < 1.29 is 18.3 Å². The van der Waals surface area contributed by atoms with Gasteiger partial charge in [-0.05, 0) is 48.9 Å². The highest BCUT2D eigenvalue weighted by Crippen LogP contribution is 2.23. The second-order valence-corrected chi connectivity index (χ2v) is 4.75. The van der Waals surface area contributed by atoms with Crippen LogP contribution in [-0.2, 0) is 0 Å². The third-order valence-corrected chi connectivity index (χ3v) is 3.10. The Balaban J connectivity index is 2.30. The fraction of sp³-hybridized carbons (Fsp3) is 0.188. The summed E-state index contributed by atoms with van der Waals surface area (Å²) in [6.07, 6.45) is 0.614. The van der Waals surface area contributed by atoms with Gasteiger partial charge in [-0.2, -0.15) is 0 Å². The summed E-state index contributed by atoms with van der Waals surface area (Å²) in [5.74, 6) is -0.677. The average Bonchev–Trinajstić information content (AvgIpc) is 2.49. The lowest BCUT2D eigenvalue weighted by Crippen LogP contribution is -2.07. The highest BCUT2D eigenvalue weighted by Gasteiger charge is 2.16. The molecule has 0 unspecified atom stereocenters. The Morgan fingerprint density at radius 3 is 2.38 bits per heavy atom. The maximum atomic E-state index is 13.4. The van der Waals surface area contributed by atoms with E-state index < -0.39 is 17.4 Å². The largest absolute Gasteiger partial charge is 0.493 e.